The first kappa shape index (κ1) is 17.7. The predicted molar refractivity (Wildman–Crippen MR) is 68.3 cm³/mol. The monoisotopic (exact) mass is 367 g/mol. The second-order valence-electron chi connectivity index (χ2n) is 2.74. The first-order valence-electron chi connectivity index (χ1n) is 4.05. The fourth-order valence-corrected chi connectivity index (χ4v) is 1.88. The van der Waals surface area contributed by atoms with Gasteiger partial charge in [0.15, 0.2) is 0 Å². The standard InChI is InChI=1S/C6H13N3O3S.2BrH/c10-6-5-7-1-2-9-13(11,12)4-3-8-6;;/h7,9H,1-5H2,(H,8,10);2*1H. The van der Waals surface area contributed by atoms with E-state index in [0.29, 0.717) is 13.1 Å². The van der Waals surface area contributed by atoms with Crippen molar-refractivity contribution < 1.29 is 13.2 Å². The molecule has 0 radical (unpaired) electrons. The van der Waals surface area contributed by atoms with Crippen LogP contribution in [0.4, 0.5) is 0 Å². The van der Waals surface area contributed by atoms with E-state index < -0.39 is 10.0 Å². The lowest BCUT2D eigenvalue weighted by Gasteiger charge is -2.11. The SMILES string of the molecule is Br.Br.O=C1CNCCNS(=O)(=O)CCN1. The molecular formula is C6H15Br2N3O3S. The number of rotatable bonds is 0. The van der Waals surface area contributed by atoms with E-state index in [1.54, 1.807) is 0 Å². The molecule has 0 unspecified atom stereocenters. The van der Waals surface area contributed by atoms with Gasteiger partial charge in [-0.15, -0.1) is 34.0 Å². The van der Waals surface area contributed by atoms with Gasteiger partial charge in [0.1, 0.15) is 0 Å². The van der Waals surface area contributed by atoms with Gasteiger partial charge in [0.05, 0.1) is 12.3 Å². The molecule has 1 aliphatic rings. The number of amides is 1. The van der Waals surface area contributed by atoms with Gasteiger partial charge >= 0.3 is 0 Å². The van der Waals surface area contributed by atoms with Crippen LogP contribution >= 0.6 is 34.0 Å². The van der Waals surface area contributed by atoms with E-state index in [1.807, 2.05) is 0 Å². The first-order chi connectivity index (χ1) is 6.10. The summed E-state index contributed by atoms with van der Waals surface area (Å²) in [6.45, 7) is 1.19. The van der Waals surface area contributed by atoms with Crippen LogP contribution in [0.15, 0.2) is 0 Å². The maximum Gasteiger partial charge on any atom is 0.233 e. The van der Waals surface area contributed by atoms with Crippen molar-refractivity contribution >= 4 is 49.9 Å². The third-order valence-electron chi connectivity index (χ3n) is 1.60. The van der Waals surface area contributed by atoms with Crippen LogP contribution in [0.2, 0.25) is 0 Å². The smallest absolute Gasteiger partial charge is 0.233 e. The van der Waals surface area contributed by atoms with Crippen LogP contribution < -0.4 is 15.4 Å². The summed E-state index contributed by atoms with van der Waals surface area (Å²) in [6.07, 6.45) is 0. The van der Waals surface area contributed by atoms with Gasteiger partial charge in [-0.1, -0.05) is 0 Å². The second-order valence-corrected chi connectivity index (χ2v) is 4.67. The van der Waals surface area contributed by atoms with E-state index in [9.17, 15) is 13.2 Å². The Hall–Kier alpha value is 0.300. The Morgan fingerprint density at radius 1 is 1.07 bits per heavy atom. The van der Waals surface area contributed by atoms with Crippen LogP contribution in [-0.2, 0) is 14.8 Å². The molecule has 15 heavy (non-hydrogen) atoms. The summed E-state index contributed by atoms with van der Waals surface area (Å²) in [5, 5.41) is 5.29. The van der Waals surface area contributed by atoms with Crippen LogP contribution in [0.3, 0.4) is 0 Å². The van der Waals surface area contributed by atoms with E-state index in [0.717, 1.165) is 0 Å². The minimum Gasteiger partial charge on any atom is -0.354 e. The summed E-state index contributed by atoms with van der Waals surface area (Å²) in [7, 11) is -3.21. The van der Waals surface area contributed by atoms with E-state index >= 15 is 0 Å². The summed E-state index contributed by atoms with van der Waals surface area (Å²) in [5.41, 5.74) is 0. The Bertz CT molecular complexity index is 283. The normalized spacial score (nSPS) is 21.5. The highest BCUT2D eigenvalue weighted by Crippen LogP contribution is 1.83. The van der Waals surface area contributed by atoms with Crippen LogP contribution in [0.5, 0.6) is 0 Å². The molecule has 1 aliphatic heterocycles. The zero-order chi connectivity index (χ0) is 9.73. The van der Waals surface area contributed by atoms with Crippen LogP contribution in [0.25, 0.3) is 0 Å². The summed E-state index contributed by atoms with van der Waals surface area (Å²) < 4.78 is 24.6. The van der Waals surface area contributed by atoms with Gasteiger partial charge in [0.25, 0.3) is 0 Å². The number of carbonyl (C=O) groups excluding carboxylic acids is 1. The van der Waals surface area contributed by atoms with Crippen molar-refractivity contribution in [2.45, 2.75) is 0 Å². The molecular weight excluding hydrogens is 354 g/mol. The fraction of sp³-hybridized carbons (Fsp3) is 0.833. The summed E-state index contributed by atoms with van der Waals surface area (Å²) >= 11 is 0. The molecule has 0 atom stereocenters. The van der Waals surface area contributed by atoms with Crippen molar-refractivity contribution in [2.24, 2.45) is 0 Å². The molecule has 92 valence electrons. The van der Waals surface area contributed by atoms with Gasteiger partial charge in [-0.3, -0.25) is 4.79 Å². The lowest BCUT2D eigenvalue weighted by molar-refractivity contribution is -0.120. The molecule has 6 nitrogen and oxygen atoms in total. The molecule has 1 rings (SSSR count). The third kappa shape index (κ3) is 8.14. The van der Waals surface area contributed by atoms with E-state index in [4.69, 9.17) is 0 Å². The zero-order valence-electron chi connectivity index (χ0n) is 7.99. The van der Waals surface area contributed by atoms with Gasteiger partial charge in [-0.25, -0.2) is 13.1 Å². The third-order valence-corrected chi connectivity index (χ3v) is 2.99. The van der Waals surface area contributed by atoms with E-state index in [2.05, 4.69) is 15.4 Å². The van der Waals surface area contributed by atoms with Crippen LogP contribution in [0.1, 0.15) is 0 Å². The van der Waals surface area contributed by atoms with Gasteiger partial charge in [-0.2, -0.15) is 0 Å². The molecule has 0 spiro atoms. The van der Waals surface area contributed by atoms with Crippen molar-refractivity contribution in [3.8, 4) is 0 Å². The molecule has 1 heterocycles. The minimum atomic E-state index is -3.21. The predicted octanol–water partition coefficient (Wildman–Crippen LogP) is -1.22. The summed E-state index contributed by atoms with van der Waals surface area (Å²) in [5.74, 6) is -0.226. The highest BCUT2D eigenvalue weighted by molar-refractivity contribution is 8.93. The molecule has 0 saturated carbocycles. The van der Waals surface area contributed by atoms with Crippen LogP contribution in [0, 0.1) is 0 Å². The number of halogens is 2. The van der Waals surface area contributed by atoms with E-state index in [1.165, 1.54) is 0 Å². The molecule has 1 fully saturated rings. The van der Waals surface area contributed by atoms with Crippen molar-refractivity contribution in [2.75, 3.05) is 31.9 Å². The number of hydrogen-bond donors (Lipinski definition) is 3. The average Bonchev–Trinajstić information content (AvgIpc) is 2.02. The number of sulfonamides is 1. The Morgan fingerprint density at radius 3 is 2.40 bits per heavy atom. The fourth-order valence-electron chi connectivity index (χ4n) is 0.956. The van der Waals surface area contributed by atoms with E-state index in [-0.39, 0.29) is 58.7 Å². The molecule has 0 aromatic heterocycles. The van der Waals surface area contributed by atoms with Crippen LogP contribution in [-0.4, -0.2) is 46.3 Å². The molecule has 0 bridgehead atoms. The molecule has 0 aromatic rings. The van der Waals surface area contributed by atoms with Gasteiger partial charge < -0.3 is 10.6 Å². The average molecular weight is 369 g/mol. The molecule has 3 N–H and O–H groups in total. The Morgan fingerprint density at radius 2 is 1.73 bits per heavy atom. The maximum absolute atomic E-state index is 11.1. The Kier molecular flexibility index (Phi) is 9.97. The molecule has 0 aromatic carbocycles. The van der Waals surface area contributed by atoms with Crippen molar-refractivity contribution in [1.82, 2.24) is 15.4 Å². The van der Waals surface area contributed by atoms with Gasteiger partial charge in [0.2, 0.25) is 15.9 Å². The minimum absolute atomic E-state index is 0. The summed E-state index contributed by atoms with van der Waals surface area (Å²) in [6, 6.07) is 0. The van der Waals surface area contributed by atoms with Crippen molar-refractivity contribution in [1.29, 1.82) is 0 Å². The number of hydrogen-bond acceptors (Lipinski definition) is 4. The Labute approximate surface area is 110 Å². The van der Waals surface area contributed by atoms with Gasteiger partial charge in [0, 0.05) is 19.6 Å². The van der Waals surface area contributed by atoms with Crippen molar-refractivity contribution in [3.05, 3.63) is 0 Å². The van der Waals surface area contributed by atoms with Gasteiger partial charge in [-0.05, 0) is 0 Å². The Balaban J connectivity index is 0. The quantitative estimate of drug-likeness (QED) is 0.500. The second kappa shape index (κ2) is 8.45. The lowest BCUT2D eigenvalue weighted by atomic mass is 10.5. The largest absolute Gasteiger partial charge is 0.354 e. The molecule has 1 saturated heterocycles. The first-order valence-corrected chi connectivity index (χ1v) is 5.70. The number of nitrogens with one attached hydrogen (secondary N) is 3. The zero-order valence-corrected chi connectivity index (χ0v) is 12.2. The highest BCUT2D eigenvalue weighted by atomic mass is 79.9. The topological polar surface area (TPSA) is 87.3 Å². The number of carbonyl (C=O) groups is 1. The lowest BCUT2D eigenvalue weighted by Crippen LogP contribution is -2.43. The highest BCUT2D eigenvalue weighted by Gasteiger charge is 2.11. The molecule has 0 aliphatic carbocycles. The maximum atomic E-state index is 11.1. The molecule has 9 heteroatoms. The van der Waals surface area contributed by atoms with Crippen molar-refractivity contribution in [3.63, 3.8) is 0 Å². The summed E-state index contributed by atoms with van der Waals surface area (Å²) in [4.78, 5) is 10.9. The molecule has 1 amide bonds.